The summed E-state index contributed by atoms with van der Waals surface area (Å²) >= 11 is 0. The number of rotatable bonds is 3. The molecule has 134 valence electrons. The van der Waals surface area contributed by atoms with Crippen LogP contribution in [-0.2, 0) is 6.54 Å². The Bertz CT molecular complexity index is 711. The maximum atomic E-state index is 5.37. The second kappa shape index (κ2) is 6.41. The zero-order valence-electron chi connectivity index (χ0n) is 15.5. The molecular formula is C19H27N5O. The first-order valence-corrected chi connectivity index (χ1v) is 9.29. The van der Waals surface area contributed by atoms with Crippen molar-refractivity contribution in [3.05, 3.63) is 34.8 Å². The second-order valence-electron chi connectivity index (χ2n) is 7.57. The number of hydrogen-bond acceptors (Lipinski definition) is 6. The third-order valence-corrected chi connectivity index (χ3v) is 6.07. The zero-order chi connectivity index (χ0) is 17.4. The summed E-state index contributed by atoms with van der Waals surface area (Å²) in [5.41, 5.74) is 3.60. The number of aryl methyl sites for hydroxylation is 3. The highest BCUT2D eigenvalue weighted by Crippen LogP contribution is 2.40. The molecule has 0 radical (unpaired) electrons. The fourth-order valence-electron chi connectivity index (χ4n) is 4.44. The van der Waals surface area contributed by atoms with Crippen molar-refractivity contribution in [3.63, 3.8) is 0 Å². The molecule has 1 spiro atoms. The van der Waals surface area contributed by atoms with E-state index in [-0.39, 0.29) is 0 Å². The fourth-order valence-corrected chi connectivity index (χ4v) is 4.44. The first-order valence-electron chi connectivity index (χ1n) is 9.29. The Hall–Kier alpha value is -1.95. The molecule has 6 nitrogen and oxygen atoms in total. The Morgan fingerprint density at radius 2 is 1.84 bits per heavy atom. The van der Waals surface area contributed by atoms with Gasteiger partial charge in [-0.2, -0.15) is 5.10 Å². The van der Waals surface area contributed by atoms with Crippen LogP contribution in [0.3, 0.4) is 0 Å². The average Bonchev–Trinajstić information content (AvgIpc) is 3.15. The van der Waals surface area contributed by atoms with Crippen LogP contribution in [0, 0.1) is 20.8 Å². The maximum Gasteiger partial charge on any atom is 0.151 e. The van der Waals surface area contributed by atoms with Crippen molar-refractivity contribution in [2.75, 3.05) is 24.5 Å². The van der Waals surface area contributed by atoms with E-state index in [4.69, 9.17) is 4.52 Å². The van der Waals surface area contributed by atoms with E-state index >= 15 is 0 Å². The lowest BCUT2D eigenvalue weighted by Gasteiger charge is -2.45. The normalized spacial score (nSPS) is 20.5. The molecule has 2 fully saturated rings. The Kier molecular flexibility index (Phi) is 4.23. The lowest BCUT2D eigenvalue weighted by molar-refractivity contribution is 0.0989. The van der Waals surface area contributed by atoms with Gasteiger partial charge in [0, 0.05) is 30.7 Å². The highest BCUT2D eigenvalue weighted by Gasteiger charge is 2.43. The first-order chi connectivity index (χ1) is 12.1. The molecular weight excluding hydrogens is 314 g/mol. The summed E-state index contributed by atoms with van der Waals surface area (Å²) in [6, 6.07) is 4.14. The van der Waals surface area contributed by atoms with E-state index < -0.39 is 0 Å². The van der Waals surface area contributed by atoms with Crippen molar-refractivity contribution in [2.45, 2.75) is 58.5 Å². The highest BCUT2D eigenvalue weighted by molar-refractivity contribution is 5.38. The molecule has 4 heterocycles. The third kappa shape index (κ3) is 3.03. The van der Waals surface area contributed by atoms with Crippen LogP contribution in [-0.4, -0.2) is 45.4 Å². The van der Waals surface area contributed by atoms with Crippen LogP contribution < -0.4 is 4.90 Å². The van der Waals surface area contributed by atoms with Gasteiger partial charge in [-0.1, -0.05) is 5.16 Å². The predicted octanol–water partition coefficient (Wildman–Crippen LogP) is 3.02. The summed E-state index contributed by atoms with van der Waals surface area (Å²) in [6.45, 7) is 10.3. The molecule has 2 aromatic heterocycles. The highest BCUT2D eigenvalue weighted by atomic mass is 16.5. The minimum atomic E-state index is 0.324. The average molecular weight is 341 g/mol. The molecule has 6 heteroatoms. The van der Waals surface area contributed by atoms with E-state index in [9.17, 15) is 0 Å². The number of likely N-dealkylation sites (tertiary alicyclic amines) is 1. The van der Waals surface area contributed by atoms with Crippen molar-refractivity contribution < 1.29 is 4.52 Å². The smallest absolute Gasteiger partial charge is 0.151 e. The Balaban J connectivity index is 1.46. The largest absolute Gasteiger partial charge is 0.361 e. The molecule has 0 aromatic carbocycles. The van der Waals surface area contributed by atoms with Crippen molar-refractivity contribution >= 4 is 5.82 Å². The van der Waals surface area contributed by atoms with Gasteiger partial charge in [-0.15, -0.1) is 5.10 Å². The van der Waals surface area contributed by atoms with Gasteiger partial charge in [0.25, 0.3) is 0 Å². The van der Waals surface area contributed by atoms with Gasteiger partial charge in [0.2, 0.25) is 0 Å². The van der Waals surface area contributed by atoms with E-state index in [1.54, 1.807) is 0 Å². The molecule has 2 aliphatic heterocycles. The fraction of sp³-hybridized carbons (Fsp3) is 0.632. The molecule has 2 aliphatic rings. The standard InChI is InChI=1S/C19H27N5O/c1-14-5-6-18(21-20-14)23-11-8-19(9-12-23)7-4-10-24(19)13-17-15(2)22-25-16(17)3/h5-6H,4,7-13H2,1-3H3. The van der Waals surface area contributed by atoms with Crippen molar-refractivity contribution in [3.8, 4) is 0 Å². The minimum Gasteiger partial charge on any atom is -0.361 e. The predicted molar refractivity (Wildman–Crippen MR) is 96.6 cm³/mol. The van der Waals surface area contributed by atoms with E-state index in [1.807, 2.05) is 26.8 Å². The van der Waals surface area contributed by atoms with Gasteiger partial charge in [-0.3, -0.25) is 4.90 Å². The van der Waals surface area contributed by atoms with Crippen LogP contribution in [0.15, 0.2) is 16.7 Å². The van der Waals surface area contributed by atoms with Crippen LogP contribution in [0.1, 0.15) is 48.4 Å². The lowest BCUT2D eigenvalue weighted by atomic mass is 9.84. The van der Waals surface area contributed by atoms with E-state index in [1.165, 1.54) is 37.8 Å². The summed E-state index contributed by atoms with van der Waals surface area (Å²) in [7, 11) is 0. The molecule has 0 bridgehead atoms. The summed E-state index contributed by atoms with van der Waals surface area (Å²) in [5.74, 6) is 1.97. The second-order valence-corrected chi connectivity index (χ2v) is 7.57. The molecule has 0 saturated carbocycles. The van der Waals surface area contributed by atoms with Crippen LogP contribution in [0.4, 0.5) is 5.82 Å². The van der Waals surface area contributed by atoms with Gasteiger partial charge in [0.05, 0.1) is 11.4 Å². The van der Waals surface area contributed by atoms with Crippen LogP contribution in [0.2, 0.25) is 0 Å². The topological polar surface area (TPSA) is 58.3 Å². The Morgan fingerprint density at radius 1 is 1.04 bits per heavy atom. The van der Waals surface area contributed by atoms with Crippen LogP contribution in [0.25, 0.3) is 0 Å². The number of hydrogen-bond donors (Lipinski definition) is 0. The monoisotopic (exact) mass is 341 g/mol. The van der Waals surface area contributed by atoms with Gasteiger partial charge in [-0.05, 0) is 65.1 Å². The molecule has 0 N–H and O–H groups in total. The summed E-state index contributed by atoms with van der Waals surface area (Å²) in [4.78, 5) is 5.06. The third-order valence-electron chi connectivity index (χ3n) is 6.07. The zero-order valence-corrected chi connectivity index (χ0v) is 15.5. The Morgan fingerprint density at radius 3 is 2.48 bits per heavy atom. The van der Waals surface area contributed by atoms with Gasteiger partial charge in [-0.25, -0.2) is 0 Å². The summed E-state index contributed by atoms with van der Waals surface area (Å²) in [5, 5.41) is 12.7. The van der Waals surface area contributed by atoms with Crippen molar-refractivity contribution in [1.29, 1.82) is 0 Å². The van der Waals surface area contributed by atoms with Crippen molar-refractivity contribution in [2.24, 2.45) is 0 Å². The molecule has 0 aliphatic carbocycles. The minimum absolute atomic E-state index is 0.324. The van der Waals surface area contributed by atoms with Crippen LogP contribution in [0.5, 0.6) is 0 Å². The molecule has 0 atom stereocenters. The van der Waals surface area contributed by atoms with E-state index in [0.29, 0.717) is 5.54 Å². The first kappa shape index (κ1) is 16.5. The van der Waals surface area contributed by atoms with Gasteiger partial charge in [0.1, 0.15) is 5.76 Å². The molecule has 4 rings (SSSR count). The van der Waals surface area contributed by atoms with Crippen molar-refractivity contribution in [1.82, 2.24) is 20.3 Å². The quantitative estimate of drug-likeness (QED) is 0.855. The van der Waals surface area contributed by atoms with E-state index in [2.05, 4.69) is 31.2 Å². The SMILES string of the molecule is Cc1ccc(N2CCC3(CCCN3Cc3c(C)noc3C)CC2)nn1. The van der Waals surface area contributed by atoms with Crippen LogP contribution >= 0.6 is 0 Å². The summed E-state index contributed by atoms with van der Waals surface area (Å²) in [6.07, 6.45) is 4.95. The molecule has 2 aromatic rings. The molecule has 25 heavy (non-hydrogen) atoms. The lowest BCUT2D eigenvalue weighted by Crippen LogP contribution is -2.52. The van der Waals surface area contributed by atoms with Gasteiger partial charge >= 0.3 is 0 Å². The summed E-state index contributed by atoms with van der Waals surface area (Å²) < 4.78 is 5.37. The molecule has 0 amide bonds. The molecule has 0 unspecified atom stereocenters. The van der Waals surface area contributed by atoms with Gasteiger partial charge in [0.15, 0.2) is 5.82 Å². The van der Waals surface area contributed by atoms with E-state index in [0.717, 1.165) is 42.6 Å². The molecule has 2 saturated heterocycles. The number of anilines is 1. The maximum absolute atomic E-state index is 5.37. The number of nitrogens with zero attached hydrogens (tertiary/aromatic N) is 5. The number of aromatic nitrogens is 3. The van der Waals surface area contributed by atoms with Gasteiger partial charge < -0.3 is 9.42 Å². The Labute approximate surface area is 149 Å². The number of piperidine rings is 1.